The average molecular weight is 253 g/mol. The van der Waals surface area contributed by atoms with Crippen LogP contribution in [0.1, 0.15) is 17.5 Å². The van der Waals surface area contributed by atoms with Crippen molar-refractivity contribution < 1.29 is 10.2 Å². The molecule has 17 heavy (non-hydrogen) atoms. The van der Waals surface area contributed by atoms with Crippen molar-refractivity contribution in [2.24, 2.45) is 0 Å². The number of allylic oxidation sites excluding steroid dienone is 2. The average Bonchev–Trinajstić information content (AvgIpc) is 2.27. The molecule has 0 aliphatic heterocycles. The summed E-state index contributed by atoms with van der Waals surface area (Å²) in [6.45, 7) is 3.74. The second-order valence-electron chi connectivity index (χ2n) is 4.01. The van der Waals surface area contributed by atoms with Gasteiger partial charge in [-0.15, -0.1) is 0 Å². The smallest absolute Gasteiger partial charge is 0.116 e. The molecule has 1 aliphatic carbocycles. The van der Waals surface area contributed by atoms with Gasteiger partial charge in [0.2, 0.25) is 0 Å². The van der Waals surface area contributed by atoms with Gasteiger partial charge in [-0.3, -0.25) is 0 Å². The normalized spacial score (nSPS) is 17.5. The fraction of sp³-hybridized carbons (Fsp3) is 0.286. The molecular formula is C14H17ClO2. The zero-order valence-electron chi connectivity index (χ0n) is 10.0. The van der Waals surface area contributed by atoms with Gasteiger partial charge in [-0.05, 0) is 43.5 Å². The first-order valence-corrected chi connectivity index (χ1v) is 5.85. The van der Waals surface area contributed by atoms with E-state index in [1.807, 2.05) is 32.1 Å². The third-order valence-electron chi connectivity index (χ3n) is 2.38. The van der Waals surface area contributed by atoms with E-state index in [1.54, 1.807) is 18.2 Å². The van der Waals surface area contributed by atoms with Gasteiger partial charge in [0.1, 0.15) is 5.75 Å². The molecule has 3 heteroatoms. The van der Waals surface area contributed by atoms with Gasteiger partial charge < -0.3 is 10.2 Å². The SMILES string of the molecule is Cc1cc(O)cc(C)c1Cl.OC1C=CC=CC1. The number of phenols is 1. The number of aromatic hydroxyl groups is 1. The maximum absolute atomic E-state index is 9.06. The molecule has 0 saturated carbocycles. The molecule has 2 N–H and O–H groups in total. The summed E-state index contributed by atoms with van der Waals surface area (Å²) in [4.78, 5) is 0. The quantitative estimate of drug-likeness (QED) is 0.742. The van der Waals surface area contributed by atoms with E-state index in [1.165, 1.54) is 0 Å². The van der Waals surface area contributed by atoms with Crippen LogP contribution < -0.4 is 0 Å². The van der Waals surface area contributed by atoms with Crippen molar-refractivity contribution in [3.05, 3.63) is 52.6 Å². The Labute approximate surface area is 107 Å². The molecule has 92 valence electrons. The standard InChI is InChI=1S/C8H9ClO.C6H8O/c1-5-3-7(10)4-6(2)8(5)9;7-6-4-2-1-3-5-6/h3-4,10H,1-2H3;1-4,6-7H,5H2. The highest BCUT2D eigenvalue weighted by Crippen LogP contribution is 2.24. The van der Waals surface area contributed by atoms with Crippen LogP contribution in [0.25, 0.3) is 0 Å². The van der Waals surface area contributed by atoms with Crippen LogP contribution in [0.5, 0.6) is 5.75 Å². The molecular weight excluding hydrogens is 236 g/mol. The van der Waals surface area contributed by atoms with Gasteiger partial charge in [0.05, 0.1) is 6.10 Å². The molecule has 2 rings (SSSR count). The largest absolute Gasteiger partial charge is 0.508 e. The lowest BCUT2D eigenvalue weighted by molar-refractivity contribution is 0.225. The summed E-state index contributed by atoms with van der Waals surface area (Å²) >= 11 is 5.84. The van der Waals surface area contributed by atoms with Crippen LogP contribution in [-0.4, -0.2) is 16.3 Å². The predicted octanol–water partition coefficient (Wildman–Crippen LogP) is 3.53. The van der Waals surface area contributed by atoms with Crippen LogP contribution in [0.4, 0.5) is 0 Å². The second-order valence-corrected chi connectivity index (χ2v) is 4.39. The van der Waals surface area contributed by atoms with Crippen molar-refractivity contribution in [1.82, 2.24) is 0 Å². The molecule has 0 aromatic heterocycles. The van der Waals surface area contributed by atoms with E-state index in [0.717, 1.165) is 22.6 Å². The van der Waals surface area contributed by atoms with Crippen molar-refractivity contribution >= 4 is 11.6 Å². The first-order valence-electron chi connectivity index (χ1n) is 5.48. The molecule has 0 bridgehead atoms. The molecule has 1 unspecified atom stereocenters. The van der Waals surface area contributed by atoms with Crippen molar-refractivity contribution in [3.8, 4) is 5.75 Å². The maximum atomic E-state index is 9.06. The lowest BCUT2D eigenvalue weighted by atomic mass is 10.1. The Kier molecular flexibility index (Phi) is 5.26. The molecule has 2 nitrogen and oxygen atoms in total. The summed E-state index contributed by atoms with van der Waals surface area (Å²) in [7, 11) is 0. The van der Waals surface area contributed by atoms with Crippen LogP contribution in [0.2, 0.25) is 5.02 Å². The number of benzene rings is 1. The first-order chi connectivity index (χ1) is 8.00. The number of rotatable bonds is 0. The van der Waals surface area contributed by atoms with E-state index < -0.39 is 0 Å². The minimum absolute atomic E-state index is 0.231. The van der Waals surface area contributed by atoms with E-state index >= 15 is 0 Å². The molecule has 1 atom stereocenters. The molecule has 1 aromatic rings. The summed E-state index contributed by atoms with van der Waals surface area (Å²) < 4.78 is 0. The molecule has 0 amide bonds. The zero-order chi connectivity index (χ0) is 12.8. The van der Waals surface area contributed by atoms with E-state index in [-0.39, 0.29) is 11.9 Å². The molecule has 0 heterocycles. The molecule has 1 aliphatic rings. The number of aliphatic hydroxyl groups is 1. The number of phenolic OH excluding ortho intramolecular Hbond substituents is 1. The first kappa shape index (κ1) is 13.8. The van der Waals surface area contributed by atoms with Gasteiger partial charge >= 0.3 is 0 Å². The topological polar surface area (TPSA) is 40.5 Å². The molecule has 0 saturated heterocycles. The number of hydrogen-bond acceptors (Lipinski definition) is 2. The minimum atomic E-state index is -0.231. The van der Waals surface area contributed by atoms with Gasteiger partial charge in [-0.25, -0.2) is 0 Å². The van der Waals surface area contributed by atoms with Gasteiger partial charge in [0.15, 0.2) is 0 Å². The lowest BCUT2D eigenvalue weighted by Gasteiger charge is -2.01. The van der Waals surface area contributed by atoms with Gasteiger partial charge in [0, 0.05) is 5.02 Å². The number of aliphatic hydroxyl groups excluding tert-OH is 1. The van der Waals surface area contributed by atoms with Crippen molar-refractivity contribution in [3.63, 3.8) is 0 Å². The molecule has 0 fully saturated rings. The zero-order valence-corrected chi connectivity index (χ0v) is 10.8. The Morgan fingerprint density at radius 1 is 1.18 bits per heavy atom. The Hall–Kier alpha value is -1.25. The fourth-order valence-electron chi connectivity index (χ4n) is 1.49. The fourth-order valence-corrected chi connectivity index (χ4v) is 1.60. The number of halogens is 1. The molecule has 0 radical (unpaired) electrons. The second kappa shape index (κ2) is 6.48. The predicted molar refractivity (Wildman–Crippen MR) is 71.5 cm³/mol. The summed E-state index contributed by atoms with van der Waals surface area (Å²) in [5.74, 6) is 0.277. The van der Waals surface area contributed by atoms with Crippen molar-refractivity contribution in [2.45, 2.75) is 26.4 Å². The van der Waals surface area contributed by atoms with E-state index in [0.29, 0.717) is 0 Å². The molecule has 1 aromatic carbocycles. The van der Waals surface area contributed by atoms with E-state index in [2.05, 4.69) is 0 Å². The van der Waals surface area contributed by atoms with E-state index in [4.69, 9.17) is 21.8 Å². The van der Waals surface area contributed by atoms with Gasteiger partial charge in [-0.1, -0.05) is 35.9 Å². The highest BCUT2D eigenvalue weighted by Gasteiger charge is 1.99. The Morgan fingerprint density at radius 3 is 2.12 bits per heavy atom. The van der Waals surface area contributed by atoms with Crippen molar-refractivity contribution in [2.75, 3.05) is 0 Å². The Morgan fingerprint density at radius 2 is 1.76 bits per heavy atom. The van der Waals surface area contributed by atoms with Crippen LogP contribution in [0.3, 0.4) is 0 Å². The van der Waals surface area contributed by atoms with Crippen LogP contribution in [-0.2, 0) is 0 Å². The summed E-state index contributed by atoms with van der Waals surface area (Å²) in [6.07, 6.45) is 8.06. The summed E-state index contributed by atoms with van der Waals surface area (Å²) in [5, 5.41) is 18.6. The number of aryl methyl sites for hydroxylation is 2. The van der Waals surface area contributed by atoms with Gasteiger partial charge in [-0.2, -0.15) is 0 Å². The third kappa shape index (κ3) is 4.63. The van der Waals surface area contributed by atoms with Crippen molar-refractivity contribution in [1.29, 1.82) is 0 Å². The minimum Gasteiger partial charge on any atom is -0.508 e. The third-order valence-corrected chi connectivity index (χ3v) is 2.98. The lowest BCUT2D eigenvalue weighted by Crippen LogP contribution is -2.00. The van der Waals surface area contributed by atoms with Crippen LogP contribution in [0, 0.1) is 13.8 Å². The van der Waals surface area contributed by atoms with Crippen LogP contribution >= 0.6 is 11.6 Å². The summed E-state index contributed by atoms with van der Waals surface area (Å²) in [6, 6.07) is 3.30. The summed E-state index contributed by atoms with van der Waals surface area (Å²) in [5.41, 5.74) is 1.83. The highest BCUT2D eigenvalue weighted by molar-refractivity contribution is 6.32. The maximum Gasteiger partial charge on any atom is 0.116 e. The van der Waals surface area contributed by atoms with Gasteiger partial charge in [0.25, 0.3) is 0 Å². The Bertz CT molecular complexity index is 413. The number of hydrogen-bond donors (Lipinski definition) is 2. The molecule has 0 spiro atoms. The monoisotopic (exact) mass is 252 g/mol. The van der Waals surface area contributed by atoms with E-state index in [9.17, 15) is 0 Å². The Balaban J connectivity index is 0.000000181. The highest BCUT2D eigenvalue weighted by atomic mass is 35.5. The van der Waals surface area contributed by atoms with Crippen LogP contribution in [0.15, 0.2) is 36.4 Å².